The number of aldehydes is 1. The number of benzene rings is 3. The van der Waals surface area contributed by atoms with Crippen molar-refractivity contribution in [3.8, 4) is 22.3 Å². The van der Waals surface area contributed by atoms with Crippen LogP contribution in [0, 0.1) is 11.7 Å². The number of carbonyl (C=O) groups excluding carboxylic acids is 1. The molecule has 0 atom stereocenters. The molecule has 3 heteroatoms. The highest BCUT2D eigenvalue weighted by Crippen LogP contribution is 2.38. The monoisotopic (exact) mass is 513 g/mol. The Labute approximate surface area is 229 Å². The molecule has 1 saturated carbocycles. The van der Waals surface area contributed by atoms with Gasteiger partial charge in [0.05, 0.1) is 0 Å². The summed E-state index contributed by atoms with van der Waals surface area (Å²) in [6.07, 6.45) is 13.7. The van der Waals surface area contributed by atoms with E-state index in [0.717, 1.165) is 35.6 Å². The Bertz CT molecular complexity index is 1110. The maximum Gasteiger partial charge on any atom is 0.142 e. The molecule has 0 radical (unpaired) electrons. The van der Waals surface area contributed by atoms with Gasteiger partial charge in [-0.3, -0.25) is 4.79 Å². The highest BCUT2D eigenvalue weighted by molar-refractivity contribution is 5.71. The van der Waals surface area contributed by atoms with Gasteiger partial charge in [-0.25, -0.2) is 4.39 Å². The van der Waals surface area contributed by atoms with Gasteiger partial charge in [0.2, 0.25) is 0 Å². The normalized spacial score (nSPS) is 16.8. The minimum atomic E-state index is -0.161. The third-order valence-electron chi connectivity index (χ3n) is 7.77. The molecular formula is C35H44FNO. The molecule has 0 aliphatic heterocycles. The smallest absolute Gasteiger partial charge is 0.142 e. The average molecular weight is 514 g/mol. The highest BCUT2D eigenvalue weighted by Gasteiger charge is 2.22. The minimum absolute atomic E-state index is 0.161. The van der Waals surface area contributed by atoms with Crippen LogP contribution in [0.15, 0.2) is 79.4 Å². The Kier molecular flexibility index (Phi) is 12.5. The second kappa shape index (κ2) is 16.0. The largest absolute Gasteiger partial charge is 0.319 e. The number of carbonyl (C=O) groups is 1. The molecule has 0 bridgehead atoms. The fourth-order valence-corrected chi connectivity index (χ4v) is 5.46. The number of nitrogens with one attached hydrogen (secondary N) is 1. The van der Waals surface area contributed by atoms with Gasteiger partial charge in [0.1, 0.15) is 12.1 Å². The van der Waals surface area contributed by atoms with Crippen molar-refractivity contribution in [1.29, 1.82) is 0 Å². The van der Waals surface area contributed by atoms with Crippen LogP contribution in [0.25, 0.3) is 22.3 Å². The molecule has 4 rings (SSSR count). The molecule has 1 N–H and O–H groups in total. The van der Waals surface area contributed by atoms with Gasteiger partial charge in [0.25, 0.3) is 0 Å². The minimum Gasteiger partial charge on any atom is -0.319 e. The Morgan fingerprint density at radius 3 is 2.11 bits per heavy atom. The van der Waals surface area contributed by atoms with E-state index in [1.807, 2.05) is 31.3 Å². The Hall–Kier alpha value is -3.04. The Balaban J connectivity index is 0.000000934. The summed E-state index contributed by atoms with van der Waals surface area (Å²) in [6, 6.07) is 22.8. The average Bonchev–Trinajstić information content (AvgIpc) is 2.97. The number of halogens is 1. The van der Waals surface area contributed by atoms with Crippen LogP contribution in [0.1, 0.15) is 75.3 Å². The van der Waals surface area contributed by atoms with Gasteiger partial charge in [-0.1, -0.05) is 99.8 Å². The molecule has 3 aromatic carbocycles. The van der Waals surface area contributed by atoms with Gasteiger partial charge >= 0.3 is 0 Å². The molecule has 3 aromatic rings. The van der Waals surface area contributed by atoms with Crippen LogP contribution >= 0.6 is 0 Å². The first-order valence-corrected chi connectivity index (χ1v) is 14.3. The lowest BCUT2D eigenvalue weighted by molar-refractivity contribution is -0.104. The summed E-state index contributed by atoms with van der Waals surface area (Å²) >= 11 is 0. The predicted octanol–water partition coefficient (Wildman–Crippen LogP) is 9.15. The van der Waals surface area contributed by atoms with E-state index in [1.165, 1.54) is 68.6 Å². The zero-order valence-electron chi connectivity index (χ0n) is 23.2. The van der Waals surface area contributed by atoms with Crippen LogP contribution in [0.4, 0.5) is 4.39 Å². The van der Waals surface area contributed by atoms with Crippen LogP contribution in [-0.2, 0) is 11.2 Å². The van der Waals surface area contributed by atoms with Crippen LogP contribution in [0.3, 0.4) is 0 Å². The summed E-state index contributed by atoms with van der Waals surface area (Å²) in [5, 5.41) is 3.17. The molecule has 0 saturated heterocycles. The fourth-order valence-electron chi connectivity index (χ4n) is 5.46. The van der Waals surface area contributed by atoms with Crippen LogP contribution in [-0.4, -0.2) is 19.9 Å². The number of hydrogen-bond donors (Lipinski definition) is 1. The molecule has 1 aliphatic rings. The summed E-state index contributed by atoms with van der Waals surface area (Å²) in [7, 11) is 1.96. The first-order chi connectivity index (χ1) is 18.6. The maximum absolute atomic E-state index is 15.0. The summed E-state index contributed by atoms with van der Waals surface area (Å²) in [5.74, 6) is 1.46. The molecule has 0 amide bonds. The van der Waals surface area contributed by atoms with Gasteiger partial charge in [-0.15, -0.1) is 0 Å². The van der Waals surface area contributed by atoms with Gasteiger partial charge in [0.15, 0.2) is 0 Å². The fraction of sp³-hybridized carbons (Fsp3) is 0.400. The Morgan fingerprint density at radius 2 is 1.53 bits per heavy atom. The molecule has 0 heterocycles. The summed E-state index contributed by atoms with van der Waals surface area (Å²) in [4.78, 5) is 9.06. The topological polar surface area (TPSA) is 29.1 Å². The number of allylic oxidation sites excluding steroid dienone is 1. The van der Waals surface area contributed by atoms with E-state index >= 15 is 4.39 Å². The Morgan fingerprint density at radius 1 is 0.895 bits per heavy atom. The van der Waals surface area contributed by atoms with E-state index < -0.39 is 0 Å². The molecule has 0 unspecified atom stereocenters. The van der Waals surface area contributed by atoms with Crippen LogP contribution < -0.4 is 5.32 Å². The van der Waals surface area contributed by atoms with Gasteiger partial charge in [-0.05, 0) is 97.5 Å². The van der Waals surface area contributed by atoms with Crippen molar-refractivity contribution >= 4 is 6.29 Å². The first-order valence-electron chi connectivity index (χ1n) is 14.3. The number of rotatable bonds is 11. The third-order valence-corrected chi connectivity index (χ3v) is 7.77. The number of unbranched alkanes of at least 4 members (excludes halogenated alkanes) is 2. The first kappa shape index (κ1) is 29.5. The lowest BCUT2D eigenvalue weighted by atomic mass is 9.77. The van der Waals surface area contributed by atoms with Gasteiger partial charge in [-0.2, -0.15) is 0 Å². The maximum atomic E-state index is 15.0. The highest BCUT2D eigenvalue weighted by atomic mass is 19.1. The van der Waals surface area contributed by atoms with Gasteiger partial charge < -0.3 is 5.32 Å². The molecule has 0 spiro atoms. The molecular weight excluding hydrogens is 469 g/mol. The van der Waals surface area contributed by atoms with E-state index in [9.17, 15) is 0 Å². The SMILES string of the molecule is C=CC=O.CCCCCC1CCC(c2ccc(-c3ccc(-c4ccc(CCNC)cc4)c(F)c3)cc2)CC1. The zero-order valence-corrected chi connectivity index (χ0v) is 23.2. The van der Waals surface area contributed by atoms with E-state index in [0.29, 0.717) is 17.8 Å². The molecule has 1 aliphatic carbocycles. The standard InChI is InChI=1S/C32H40FN.C3H4O/c1-3-4-5-6-24-7-11-26(12-8-24)27-15-17-28(18-16-27)30-19-20-31(32(33)23-30)29-13-9-25(10-14-29)21-22-34-2;1-2-3-4/h9-10,13-20,23-24,26,34H,3-8,11-12,21-22H2,1-2H3;2-3H,1H2. The third kappa shape index (κ3) is 8.77. The van der Waals surface area contributed by atoms with E-state index in [2.05, 4.69) is 55.2 Å². The zero-order chi connectivity index (χ0) is 27.2. The van der Waals surface area contributed by atoms with Crippen molar-refractivity contribution < 1.29 is 9.18 Å². The van der Waals surface area contributed by atoms with E-state index in [-0.39, 0.29) is 5.82 Å². The molecule has 38 heavy (non-hydrogen) atoms. The lowest BCUT2D eigenvalue weighted by Gasteiger charge is -2.29. The van der Waals surface area contributed by atoms with Crippen molar-refractivity contribution in [1.82, 2.24) is 5.32 Å². The quantitative estimate of drug-likeness (QED) is 0.157. The van der Waals surface area contributed by atoms with Crippen molar-refractivity contribution in [2.75, 3.05) is 13.6 Å². The number of likely N-dealkylation sites (N-methyl/N-ethyl adjacent to an activating group) is 1. The van der Waals surface area contributed by atoms with E-state index in [4.69, 9.17) is 4.79 Å². The molecule has 202 valence electrons. The van der Waals surface area contributed by atoms with Crippen molar-refractivity contribution in [3.63, 3.8) is 0 Å². The number of hydrogen-bond acceptors (Lipinski definition) is 2. The summed E-state index contributed by atoms with van der Waals surface area (Å²) < 4.78 is 15.0. The second-order valence-corrected chi connectivity index (χ2v) is 10.5. The second-order valence-electron chi connectivity index (χ2n) is 10.5. The van der Waals surface area contributed by atoms with Crippen LogP contribution in [0.2, 0.25) is 0 Å². The molecule has 2 nitrogen and oxygen atoms in total. The van der Waals surface area contributed by atoms with Crippen molar-refractivity contribution in [2.45, 2.75) is 70.6 Å². The summed E-state index contributed by atoms with van der Waals surface area (Å²) in [5.41, 5.74) is 6.34. The van der Waals surface area contributed by atoms with E-state index in [1.54, 1.807) is 6.07 Å². The summed E-state index contributed by atoms with van der Waals surface area (Å²) in [6.45, 7) is 6.34. The molecule has 0 aromatic heterocycles. The molecule has 1 fully saturated rings. The van der Waals surface area contributed by atoms with Crippen LogP contribution in [0.5, 0.6) is 0 Å². The lowest BCUT2D eigenvalue weighted by Crippen LogP contribution is -2.13. The van der Waals surface area contributed by atoms with Gasteiger partial charge in [0, 0.05) is 5.56 Å². The van der Waals surface area contributed by atoms with Crippen molar-refractivity contribution in [3.05, 3.63) is 96.3 Å². The van der Waals surface area contributed by atoms with Crippen molar-refractivity contribution in [2.24, 2.45) is 5.92 Å². The predicted molar refractivity (Wildman–Crippen MR) is 160 cm³/mol.